The molecule has 0 amide bonds. The van der Waals surface area contributed by atoms with E-state index in [1.54, 1.807) is 37.3 Å². The van der Waals surface area contributed by atoms with Gasteiger partial charge in [0, 0.05) is 36.2 Å². The van der Waals surface area contributed by atoms with Gasteiger partial charge in [-0.25, -0.2) is 0 Å². The number of nitro groups is 1. The van der Waals surface area contributed by atoms with E-state index < -0.39 is 0 Å². The number of benzene rings is 1. The number of nitrogens with one attached hydrogen (secondary N) is 1. The van der Waals surface area contributed by atoms with Crippen LogP contribution in [0.25, 0.3) is 0 Å². The molecule has 1 N–H and O–H groups in total. The summed E-state index contributed by atoms with van der Waals surface area (Å²) in [6.45, 7) is 0. The summed E-state index contributed by atoms with van der Waals surface area (Å²) in [5, 5.41) is 13.7. The first-order valence-corrected chi connectivity index (χ1v) is 6.67. The minimum atomic E-state index is -0.383. The smallest absolute Gasteiger partial charge is 0.292 e. The van der Waals surface area contributed by atoms with E-state index in [0.29, 0.717) is 5.69 Å². The standard InChI is InChI=1S/C13H13N3O2S/c1-14-12-8-10(2-3-13(12)16(17)18)9-19-11-4-6-15-7-5-11/h2-8,14H,9H2,1H3. The van der Waals surface area contributed by atoms with Gasteiger partial charge in [0.25, 0.3) is 5.69 Å². The average molecular weight is 275 g/mol. The summed E-state index contributed by atoms with van der Waals surface area (Å²) in [4.78, 5) is 15.5. The summed E-state index contributed by atoms with van der Waals surface area (Å²) in [7, 11) is 1.68. The summed E-state index contributed by atoms with van der Waals surface area (Å²) in [5.74, 6) is 0.761. The lowest BCUT2D eigenvalue weighted by atomic mass is 10.2. The maximum Gasteiger partial charge on any atom is 0.292 e. The number of hydrogen-bond acceptors (Lipinski definition) is 5. The Morgan fingerprint density at radius 2 is 2.05 bits per heavy atom. The van der Waals surface area contributed by atoms with Crippen molar-refractivity contribution in [1.82, 2.24) is 4.98 Å². The number of thioether (sulfide) groups is 1. The van der Waals surface area contributed by atoms with Gasteiger partial charge < -0.3 is 5.32 Å². The van der Waals surface area contributed by atoms with Crippen LogP contribution < -0.4 is 5.32 Å². The molecule has 1 aromatic carbocycles. The van der Waals surface area contributed by atoms with E-state index in [2.05, 4.69) is 10.3 Å². The molecule has 0 spiro atoms. The third-order valence-corrected chi connectivity index (χ3v) is 3.67. The van der Waals surface area contributed by atoms with Gasteiger partial charge in [-0.1, -0.05) is 6.07 Å². The lowest BCUT2D eigenvalue weighted by Crippen LogP contribution is -1.97. The fraction of sp³-hybridized carbons (Fsp3) is 0.154. The normalized spacial score (nSPS) is 10.2. The zero-order valence-corrected chi connectivity index (χ0v) is 11.2. The Hall–Kier alpha value is -2.08. The number of hydrogen-bond donors (Lipinski definition) is 1. The van der Waals surface area contributed by atoms with Crippen LogP contribution in [0.5, 0.6) is 0 Å². The first kappa shape index (κ1) is 13.4. The van der Waals surface area contributed by atoms with Crippen LogP contribution in [0.3, 0.4) is 0 Å². The van der Waals surface area contributed by atoms with Crippen molar-refractivity contribution in [2.24, 2.45) is 0 Å². The van der Waals surface area contributed by atoms with Crippen LogP contribution in [0, 0.1) is 10.1 Å². The molecule has 6 heteroatoms. The Balaban J connectivity index is 2.11. The number of anilines is 1. The molecule has 0 fully saturated rings. The van der Waals surface area contributed by atoms with E-state index in [0.717, 1.165) is 16.2 Å². The molecule has 5 nitrogen and oxygen atoms in total. The van der Waals surface area contributed by atoms with Crippen LogP contribution in [0.1, 0.15) is 5.56 Å². The van der Waals surface area contributed by atoms with Crippen molar-refractivity contribution in [3.8, 4) is 0 Å². The fourth-order valence-corrected chi connectivity index (χ4v) is 2.46. The van der Waals surface area contributed by atoms with E-state index in [1.165, 1.54) is 6.07 Å². The van der Waals surface area contributed by atoms with Gasteiger partial charge in [0.2, 0.25) is 0 Å². The second-order valence-electron chi connectivity index (χ2n) is 3.83. The second-order valence-corrected chi connectivity index (χ2v) is 4.88. The molecule has 0 atom stereocenters. The van der Waals surface area contributed by atoms with Crippen molar-refractivity contribution in [3.05, 3.63) is 58.4 Å². The van der Waals surface area contributed by atoms with E-state index in [1.807, 2.05) is 18.2 Å². The molecule has 98 valence electrons. The van der Waals surface area contributed by atoms with Crippen molar-refractivity contribution in [1.29, 1.82) is 0 Å². The molecule has 19 heavy (non-hydrogen) atoms. The average Bonchev–Trinajstić information content (AvgIpc) is 2.45. The third-order valence-electron chi connectivity index (χ3n) is 2.58. The van der Waals surface area contributed by atoms with Gasteiger partial charge in [-0.2, -0.15) is 0 Å². The van der Waals surface area contributed by atoms with Crippen LogP contribution in [-0.2, 0) is 5.75 Å². The summed E-state index contributed by atoms with van der Waals surface area (Å²) in [5.41, 5.74) is 1.68. The lowest BCUT2D eigenvalue weighted by molar-refractivity contribution is -0.383. The highest BCUT2D eigenvalue weighted by atomic mass is 32.2. The van der Waals surface area contributed by atoms with E-state index in [4.69, 9.17) is 0 Å². The Labute approximate surface area is 115 Å². The van der Waals surface area contributed by atoms with E-state index in [9.17, 15) is 10.1 Å². The van der Waals surface area contributed by atoms with Crippen molar-refractivity contribution < 1.29 is 4.92 Å². The van der Waals surface area contributed by atoms with Gasteiger partial charge in [-0.3, -0.25) is 15.1 Å². The molecule has 1 aromatic heterocycles. The van der Waals surface area contributed by atoms with Gasteiger partial charge in [0.05, 0.1) is 4.92 Å². The quantitative estimate of drug-likeness (QED) is 0.515. The number of nitrogens with zero attached hydrogens (tertiary/aromatic N) is 2. The molecule has 1 heterocycles. The van der Waals surface area contributed by atoms with Crippen molar-refractivity contribution in [3.63, 3.8) is 0 Å². The second kappa shape index (κ2) is 6.19. The predicted molar refractivity (Wildman–Crippen MR) is 76.4 cm³/mol. The highest BCUT2D eigenvalue weighted by Crippen LogP contribution is 2.28. The first-order chi connectivity index (χ1) is 9.20. The molecule has 0 saturated heterocycles. The van der Waals surface area contributed by atoms with Crippen LogP contribution >= 0.6 is 11.8 Å². The topological polar surface area (TPSA) is 68.1 Å². The number of pyridine rings is 1. The monoisotopic (exact) mass is 275 g/mol. The molecule has 0 aliphatic rings. The van der Waals surface area contributed by atoms with Gasteiger partial charge in [-0.15, -0.1) is 11.8 Å². The van der Waals surface area contributed by atoms with Gasteiger partial charge >= 0.3 is 0 Å². The minimum Gasteiger partial charge on any atom is -0.383 e. The van der Waals surface area contributed by atoms with Crippen LogP contribution in [0.4, 0.5) is 11.4 Å². The number of rotatable bonds is 5. The minimum absolute atomic E-state index is 0.0974. The van der Waals surface area contributed by atoms with Crippen molar-refractivity contribution in [2.45, 2.75) is 10.6 Å². The van der Waals surface area contributed by atoms with Crippen LogP contribution in [0.15, 0.2) is 47.6 Å². The first-order valence-electron chi connectivity index (χ1n) is 5.68. The molecule has 0 unspecified atom stereocenters. The summed E-state index contributed by atoms with van der Waals surface area (Å²) in [6, 6.07) is 9.01. The highest BCUT2D eigenvalue weighted by Gasteiger charge is 2.12. The molecular formula is C13H13N3O2S. The number of aromatic nitrogens is 1. The molecule has 0 aliphatic carbocycles. The molecule has 2 aromatic rings. The maximum absolute atomic E-state index is 10.8. The van der Waals surface area contributed by atoms with E-state index in [-0.39, 0.29) is 10.6 Å². The zero-order valence-electron chi connectivity index (χ0n) is 10.4. The van der Waals surface area contributed by atoms with Gasteiger partial charge in [-0.05, 0) is 23.8 Å². The predicted octanol–water partition coefficient (Wildman–Crippen LogP) is 3.32. The largest absolute Gasteiger partial charge is 0.383 e. The lowest BCUT2D eigenvalue weighted by Gasteiger charge is -2.06. The van der Waals surface area contributed by atoms with Gasteiger partial charge in [0.1, 0.15) is 5.69 Å². The fourth-order valence-electron chi connectivity index (χ4n) is 1.63. The van der Waals surface area contributed by atoms with Crippen molar-refractivity contribution in [2.75, 3.05) is 12.4 Å². The molecule has 0 aliphatic heterocycles. The summed E-state index contributed by atoms with van der Waals surface area (Å²) >= 11 is 1.67. The SMILES string of the molecule is CNc1cc(CSc2ccncc2)ccc1[N+](=O)[O-]. The molecule has 0 radical (unpaired) electrons. The Bertz CT molecular complexity index is 575. The zero-order chi connectivity index (χ0) is 13.7. The Kier molecular flexibility index (Phi) is 4.35. The van der Waals surface area contributed by atoms with Gasteiger partial charge in [0.15, 0.2) is 0 Å². The molecule has 0 saturated carbocycles. The highest BCUT2D eigenvalue weighted by molar-refractivity contribution is 7.98. The Morgan fingerprint density at radius 1 is 1.32 bits per heavy atom. The maximum atomic E-state index is 10.8. The van der Waals surface area contributed by atoms with Crippen molar-refractivity contribution >= 4 is 23.1 Å². The Morgan fingerprint density at radius 3 is 2.68 bits per heavy atom. The third kappa shape index (κ3) is 3.45. The summed E-state index contributed by atoms with van der Waals surface area (Å²) in [6.07, 6.45) is 3.49. The van der Waals surface area contributed by atoms with Crippen LogP contribution in [-0.4, -0.2) is 17.0 Å². The van der Waals surface area contributed by atoms with Crippen LogP contribution in [0.2, 0.25) is 0 Å². The van der Waals surface area contributed by atoms with E-state index >= 15 is 0 Å². The summed E-state index contributed by atoms with van der Waals surface area (Å²) < 4.78 is 0. The molecule has 2 rings (SSSR count). The number of nitro benzene ring substituents is 1. The molecular weight excluding hydrogens is 262 g/mol. The molecule has 0 bridgehead atoms.